The van der Waals surface area contributed by atoms with E-state index in [-0.39, 0.29) is 5.75 Å². The lowest BCUT2D eigenvalue weighted by molar-refractivity contribution is 0.475. The first-order chi connectivity index (χ1) is 12.8. The molecule has 0 unspecified atom stereocenters. The smallest absolute Gasteiger partial charge is 0.172 e. The highest BCUT2D eigenvalue weighted by molar-refractivity contribution is 5.81. The SMILES string of the molecule is Oc1c(C2=CC=CCC=C2)n[nH]c1-c1nc2c([nH]1)CC=C1CNCC1=C2. The summed E-state index contributed by atoms with van der Waals surface area (Å²) < 4.78 is 0. The van der Waals surface area contributed by atoms with Crippen LogP contribution in [0, 0.1) is 0 Å². The van der Waals surface area contributed by atoms with Crippen LogP contribution in [0.5, 0.6) is 5.75 Å². The summed E-state index contributed by atoms with van der Waals surface area (Å²) in [6.07, 6.45) is 16.1. The van der Waals surface area contributed by atoms with Gasteiger partial charge >= 0.3 is 0 Å². The summed E-state index contributed by atoms with van der Waals surface area (Å²) >= 11 is 0. The zero-order chi connectivity index (χ0) is 17.5. The highest BCUT2D eigenvalue weighted by atomic mass is 16.3. The Labute approximate surface area is 150 Å². The van der Waals surface area contributed by atoms with Gasteiger partial charge in [-0.25, -0.2) is 4.98 Å². The second-order valence-corrected chi connectivity index (χ2v) is 6.64. The van der Waals surface area contributed by atoms with Crippen molar-refractivity contribution >= 4 is 11.6 Å². The van der Waals surface area contributed by atoms with Gasteiger partial charge in [0.15, 0.2) is 11.6 Å². The van der Waals surface area contributed by atoms with Crippen molar-refractivity contribution < 1.29 is 5.11 Å². The molecule has 1 aliphatic heterocycles. The van der Waals surface area contributed by atoms with Crippen molar-refractivity contribution in [1.82, 2.24) is 25.5 Å². The number of imidazole rings is 1. The monoisotopic (exact) mass is 345 g/mol. The van der Waals surface area contributed by atoms with Gasteiger partial charge in [-0.1, -0.05) is 36.5 Å². The van der Waals surface area contributed by atoms with Crippen LogP contribution in [0.3, 0.4) is 0 Å². The third-order valence-electron chi connectivity index (χ3n) is 4.95. The quantitative estimate of drug-likeness (QED) is 0.674. The maximum Gasteiger partial charge on any atom is 0.172 e. The average Bonchev–Trinajstić information content (AvgIpc) is 3.26. The van der Waals surface area contributed by atoms with Crippen LogP contribution in [0.1, 0.15) is 23.5 Å². The first-order valence-electron chi connectivity index (χ1n) is 8.80. The van der Waals surface area contributed by atoms with Crippen molar-refractivity contribution in [3.8, 4) is 17.3 Å². The third-order valence-corrected chi connectivity index (χ3v) is 4.95. The molecule has 4 N–H and O–H groups in total. The Morgan fingerprint density at radius 1 is 1.12 bits per heavy atom. The number of nitrogens with one attached hydrogen (secondary N) is 3. The average molecular weight is 345 g/mol. The van der Waals surface area contributed by atoms with E-state index in [0.29, 0.717) is 17.2 Å². The molecular formula is C20H19N5O. The van der Waals surface area contributed by atoms with Gasteiger partial charge in [-0.2, -0.15) is 5.10 Å². The Hall–Kier alpha value is -3.12. The van der Waals surface area contributed by atoms with Gasteiger partial charge in [0.1, 0.15) is 11.4 Å². The molecule has 0 atom stereocenters. The molecule has 0 radical (unpaired) electrons. The first kappa shape index (κ1) is 15.2. The van der Waals surface area contributed by atoms with Crippen LogP contribution in [0.25, 0.3) is 23.2 Å². The third kappa shape index (κ3) is 2.46. The van der Waals surface area contributed by atoms with E-state index in [1.807, 2.05) is 24.3 Å². The van der Waals surface area contributed by atoms with E-state index in [9.17, 15) is 5.11 Å². The van der Waals surface area contributed by atoms with E-state index in [0.717, 1.165) is 42.9 Å². The zero-order valence-electron chi connectivity index (χ0n) is 14.2. The zero-order valence-corrected chi connectivity index (χ0v) is 14.2. The number of hydrogen-bond donors (Lipinski definition) is 4. The highest BCUT2D eigenvalue weighted by Crippen LogP contribution is 2.34. The number of aromatic amines is 2. The summed E-state index contributed by atoms with van der Waals surface area (Å²) in [5.41, 5.74) is 6.55. The molecule has 3 aliphatic rings. The Morgan fingerprint density at radius 2 is 2.04 bits per heavy atom. The molecule has 0 spiro atoms. The fourth-order valence-electron chi connectivity index (χ4n) is 3.55. The number of nitrogens with zero attached hydrogens (tertiary/aromatic N) is 2. The predicted octanol–water partition coefficient (Wildman–Crippen LogP) is 2.87. The number of aromatic nitrogens is 4. The van der Waals surface area contributed by atoms with Crippen LogP contribution in [-0.4, -0.2) is 38.4 Å². The number of rotatable bonds is 2. The van der Waals surface area contributed by atoms with Crippen LogP contribution in [0.4, 0.5) is 0 Å². The standard InChI is InChI=1S/C20H19N5O/c26-19-17(12-5-3-1-2-4-6-12)24-25-18(19)20-22-15-8-7-13-10-21-11-14(13)9-16(15)23-20/h1,3-7,9,21,26H,2,8,10-11H2,(H,22,23)(H,24,25). The van der Waals surface area contributed by atoms with E-state index in [4.69, 9.17) is 4.98 Å². The largest absolute Gasteiger partial charge is 0.504 e. The molecule has 26 heavy (non-hydrogen) atoms. The topological polar surface area (TPSA) is 89.6 Å². The van der Waals surface area contributed by atoms with Crippen LogP contribution in [0.15, 0.2) is 47.6 Å². The molecule has 6 nitrogen and oxygen atoms in total. The molecule has 0 aromatic carbocycles. The summed E-state index contributed by atoms with van der Waals surface area (Å²) in [6.45, 7) is 1.80. The van der Waals surface area contributed by atoms with Crippen molar-refractivity contribution in [2.24, 2.45) is 0 Å². The first-order valence-corrected chi connectivity index (χ1v) is 8.80. The Kier molecular flexibility index (Phi) is 3.50. The van der Waals surface area contributed by atoms with E-state index in [1.54, 1.807) is 0 Å². The van der Waals surface area contributed by atoms with E-state index < -0.39 is 0 Å². The molecule has 0 amide bonds. The number of allylic oxidation sites excluding steroid dienone is 7. The summed E-state index contributed by atoms with van der Waals surface area (Å²) in [6, 6.07) is 0. The molecule has 1 fully saturated rings. The number of H-pyrrole nitrogens is 2. The molecule has 2 aromatic rings. The Morgan fingerprint density at radius 3 is 3.00 bits per heavy atom. The van der Waals surface area contributed by atoms with Gasteiger partial charge in [-0.15, -0.1) is 0 Å². The second-order valence-electron chi connectivity index (χ2n) is 6.64. The van der Waals surface area contributed by atoms with Gasteiger partial charge in [0, 0.05) is 30.8 Å². The lowest BCUT2D eigenvalue weighted by atomic mass is 10.1. The van der Waals surface area contributed by atoms with Crippen molar-refractivity contribution in [1.29, 1.82) is 0 Å². The maximum atomic E-state index is 10.7. The number of hydrogen-bond acceptors (Lipinski definition) is 4. The molecule has 0 saturated carbocycles. The predicted molar refractivity (Wildman–Crippen MR) is 101 cm³/mol. The minimum absolute atomic E-state index is 0.117. The van der Waals surface area contributed by atoms with Crippen LogP contribution < -0.4 is 5.32 Å². The minimum atomic E-state index is 0.117. The molecule has 130 valence electrons. The normalized spacial score (nSPS) is 18.5. The maximum absolute atomic E-state index is 10.7. The molecule has 3 heterocycles. The van der Waals surface area contributed by atoms with Crippen LogP contribution >= 0.6 is 0 Å². The fourth-order valence-corrected chi connectivity index (χ4v) is 3.55. The molecule has 2 aromatic heterocycles. The van der Waals surface area contributed by atoms with Gasteiger partial charge in [0.05, 0.1) is 5.69 Å². The molecular weight excluding hydrogens is 326 g/mol. The number of aromatic hydroxyl groups is 1. The minimum Gasteiger partial charge on any atom is -0.504 e. The van der Waals surface area contributed by atoms with Gasteiger partial charge in [0.2, 0.25) is 0 Å². The molecule has 5 rings (SSSR count). The van der Waals surface area contributed by atoms with E-state index in [2.05, 4.69) is 38.7 Å². The fraction of sp³-hybridized carbons (Fsp3) is 0.200. The highest BCUT2D eigenvalue weighted by Gasteiger charge is 2.22. The molecule has 1 saturated heterocycles. The molecule has 6 heteroatoms. The molecule has 0 bridgehead atoms. The van der Waals surface area contributed by atoms with E-state index in [1.165, 1.54) is 11.1 Å². The summed E-state index contributed by atoms with van der Waals surface area (Å²) in [5.74, 6) is 0.728. The van der Waals surface area contributed by atoms with Crippen LogP contribution in [0.2, 0.25) is 0 Å². The van der Waals surface area contributed by atoms with Gasteiger partial charge < -0.3 is 15.4 Å². The van der Waals surface area contributed by atoms with Gasteiger partial charge in [-0.3, -0.25) is 5.10 Å². The van der Waals surface area contributed by atoms with Gasteiger partial charge in [-0.05, 0) is 23.6 Å². The van der Waals surface area contributed by atoms with Crippen molar-refractivity contribution in [3.05, 3.63) is 64.7 Å². The molecule has 2 aliphatic carbocycles. The second kappa shape index (κ2) is 6.00. The van der Waals surface area contributed by atoms with Gasteiger partial charge in [0.25, 0.3) is 0 Å². The Bertz CT molecular complexity index is 1030. The lowest BCUT2D eigenvalue weighted by Gasteiger charge is -1.98. The number of fused-ring (bicyclic) bond motifs is 2. The summed E-state index contributed by atoms with van der Waals surface area (Å²) in [5, 5.41) is 21.3. The van der Waals surface area contributed by atoms with Crippen molar-refractivity contribution in [2.45, 2.75) is 12.8 Å². The van der Waals surface area contributed by atoms with Crippen molar-refractivity contribution in [2.75, 3.05) is 13.1 Å². The summed E-state index contributed by atoms with van der Waals surface area (Å²) in [7, 11) is 0. The lowest BCUT2D eigenvalue weighted by Crippen LogP contribution is -2.05. The van der Waals surface area contributed by atoms with Crippen molar-refractivity contribution in [3.63, 3.8) is 0 Å². The van der Waals surface area contributed by atoms with Crippen LogP contribution in [-0.2, 0) is 6.42 Å². The Balaban J connectivity index is 1.53. The van der Waals surface area contributed by atoms with E-state index >= 15 is 0 Å². The summed E-state index contributed by atoms with van der Waals surface area (Å²) in [4.78, 5) is 8.05.